The number of benzene rings is 1. The minimum Gasteiger partial charge on any atom is -0.462 e. The molecule has 2 rings (SSSR count). The lowest BCUT2D eigenvalue weighted by Crippen LogP contribution is -2.28. The molecule has 1 aromatic carbocycles. The summed E-state index contributed by atoms with van der Waals surface area (Å²) in [5.41, 5.74) is -1.58. The number of alkyl halides is 1. The Kier molecular flexibility index (Phi) is 7.82. The van der Waals surface area contributed by atoms with Crippen LogP contribution in [0.15, 0.2) is 0 Å². The third-order valence-corrected chi connectivity index (χ3v) is 5.19. The third-order valence-electron chi connectivity index (χ3n) is 4.14. The molecule has 1 saturated carbocycles. The molecule has 0 spiro atoms. The third kappa shape index (κ3) is 4.94. The van der Waals surface area contributed by atoms with Gasteiger partial charge in [-0.15, -0.1) is 0 Å². The predicted molar refractivity (Wildman–Crippen MR) is 86.7 cm³/mol. The molecule has 9 heteroatoms. The fourth-order valence-corrected chi connectivity index (χ4v) is 3.44. The highest BCUT2D eigenvalue weighted by Crippen LogP contribution is 2.27. The zero-order valence-corrected chi connectivity index (χ0v) is 15.4. The summed E-state index contributed by atoms with van der Waals surface area (Å²) in [5.74, 6) is -12.7. The highest BCUT2D eigenvalue weighted by Gasteiger charge is 2.30. The van der Waals surface area contributed by atoms with Gasteiger partial charge in [-0.1, -0.05) is 28.8 Å². The smallest absolute Gasteiger partial charge is 0.344 e. The summed E-state index contributed by atoms with van der Waals surface area (Å²) in [4.78, 5) is 11.9. The second-order valence-electron chi connectivity index (χ2n) is 6.00. The van der Waals surface area contributed by atoms with Gasteiger partial charge in [0.25, 0.3) is 0 Å². The first-order chi connectivity index (χ1) is 12.3. The zero-order chi connectivity index (χ0) is 19.3. The van der Waals surface area contributed by atoms with Crippen LogP contribution in [0.25, 0.3) is 0 Å². The average Bonchev–Trinajstić information content (AvgIpc) is 2.62. The molecule has 1 aromatic rings. The van der Waals surface area contributed by atoms with Gasteiger partial charge < -0.3 is 9.47 Å². The molecule has 0 N–H and O–H groups in total. The molecule has 1 aliphatic rings. The lowest BCUT2D eigenvalue weighted by molar-refractivity contribution is 0.0265. The Bertz CT molecular complexity index is 627. The number of halogens is 6. The van der Waals surface area contributed by atoms with Gasteiger partial charge in [-0.25, -0.2) is 26.7 Å². The van der Waals surface area contributed by atoms with E-state index in [1.807, 2.05) is 0 Å². The number of hydrogen-bond donors (Lipinski definition) is 0. The molecule has 0 radical (unpaired) electrons. The number of carbonyl (C=O) groups is 1. The molecule has 3 nitrogen and oxygen atoms in total. The van der Waals surface area contributed by atoms with Crippen LogP contribution in [0.5, 0.6) is 0 Å². The van der Waals surface area contributed by atoms with Crippen molar-refractivity contribution >= 4 is 21.9 Å². The van der Waals surface area contributed by atoms with E-state index in [1.165, 1.54) is 0 Å². The van der Waals surface area contributed by atoms with E-state index in [0.29, 0.717) is 24.3 Å². The van der Waals surface area contributed by atoms with Gasteiger partial charge in [0, 0.05) is 11.4 Å². The van der Waals surface area contributed by atoms with E-state index in [-0.39, 0.29) is 12.7 Å². The van der Waals surface area contributed by atoms with E-state index in [1.54, 1.807) is 0 Å². The molecule has 0 aliphatic heterocycles. The Labute approximate surface area is 156 Å². The molecule has 0 unspecified atom stereocenters. The van der Waals surface area contributed by atoms with Crippen LogP contribution in [-0.4, -0.2) is 30.1 Å². The summed E-state index contributed by atoms with van der Waals surface area (Å²) in [5, 5.41) is 0. The number of hydrogen-bond acceptors (Lipinski definition) is 3. The normalized spacial score (nSPS) is 20.2. The van der Waals surface area contributed by atoms with Gasteiger partial charge in [0.2, 0.25) is 5.82 Å². The first-order valence-corrected chi connectivity index (χ1v) is 9.20. The number of esters is 1. The fraction of sp³-hybridized carbons (Fsp3) is 0.588. The highest BCUT2D eigenvalue weighted by atomic mass is 79.9. The van der Waals surface area contributed by atoms with Crippen LogP contribution in [0.4, 0.5) is 22.0 Å². The van der Waals surface area contributed by atoms with Crippen LogP contribution in [0.3, 0.4) is 0 Å². The molecule has 146 valence electrons. The molecule has 1 aliphatic carbocycles. The van der Waals surface area contributed by atoms with Crippen LogP contribution < -0.4 is 0 Å². The molecule has 2 atom stereocenters. The predicted octanol–water partition coefficient (Wildman–Crippen LogP) is 5.04. The van der Waals surface area contributed by atoms with Gasteiger partial charge in [-0.05, 0) is 25.7 Å². The SMILES string of the molecule is O=C(OCCCCO[C@@H]1CCCC[C@H]1Br)c1c(F)c(F)c(F)c(F)c1F. The Morgan fingerprint density at radius 3 is 2.04 bits per heavy atom. The van der Waals surface area contributed by atoms with Gasteiger partial charge in [0.15, 0.2) is 23.3 Å². The van der Waals surface area contributed by atoms with E-state index in [4.69, 9.17) is 4.74 Å². The number of ether oxygens (including phenoxy) is 2. The van der Waals surface area contributed by atoms with E-state index in [0.717, 1.165) is 25.7 Å². The van der Waals surface area contributed by atoms with Crippen molar-refractivity contribution in [3.05, 3.63) is 34.6 Å². The van der Waals surface area contributed by atoms with Crippen molar-refractivity contribution in [1.82, 2.24) is 0 Å². The lowest BCUT2D eigenvalue weighted by Gasteiger charge is -2.27. The Balaban J connectivity index is 1.77. The van der Waals surface area contributed by atoms with Crippen molar-refractivity contribution in [2.75, 3.05) is 13.2 Å². The molecule has 0 amide bonds. The lowest BCUT2D eigenvalue weighted by atomic mass is 9.97. The number of carbonyl (C=O) groups excluding carboxylic acids is 1. The van der Waals surface area contributed by atoms with Gasteiger partial charge in [0.05, 0.1) is 12.7 Å². The largest absolute Gasteiger partial charge is 0.462 e. The summed E-state index contributed by atoms with van der Waals surface area (Å²) in [7, 11) is 0. The maximum absolute atomic E-state index is 13.5. The molecule has 0 aromatic heterocycles. The molecule has 0 heterocycles. The molecular weight excluding hydrogens is 427 g/mol. The van der Waals surface area contributed by atoms with Gasteiger partial charge in [-0.2, -0.15) is 0 Å². The standard InChI is InChI=1S/C17H18BrF5O3/c18-9-5-1-2-6-10(9)25-7-3-4-8-26-17(24)11-12(19)14(21)16(23)15(22)13(11)20/h9-10H,1-8H2/t9-,10-/m1/s1. The van der Waals surface area contributed by atoms with E-state index >= 15 is 0 Å². The zero-order valence-electron chi connectivity index (χ0n) is 13.8. The molecular formula is C17H18BrF5O3. The number of rotatable bonds is 7. The van der Waals surface area contributed by atoms with Crippen molar-refractivity contribution in [3.8, 4) is 0 Å². The fourth-order valence-electron chi connectivity index (χ4n) is 2.70. The van der Waals surface area contributed by atoms with Crippen molar-refractivity contribution in [1.29, 1.82) is 0 Å². The summed E-state index contributed by atoms with van der Waals surface area (Å²) >= 11 is 3.56. The summed E-state index contributed by atoms with van der Waals surface area (Å²) < 4.78 is 76.4. The molecule has 1 fully saturated rings. The Morgan fingerprint density at radius 1 is 0.885 bits per heavy atom. The minimum atomic E-state index is -2.32. The van der Waals surface area contributed by atoms with E-state index in [2.05, 4.69) is 20.7 Å². The van der Waals surface area contributed by atoms with Crippen LogP contribution in [0, 0.1) is 29.1 Å². The second kappa shape index (κ2) is 9.64. The van der Waals surface area contributed by atoms with Crippen molar-refractivity contribution in [3.63, 3.8) is 0 Å². The van der Waals surface area contributed by atoms with Crippen LogP contribution >= 0.6 is 15.9 Å². The van der Waals surface area contributed by atoms with Crippen LogP contribution in [0.1, 0.15) is 48.9 Å². The average molecular weight is 445 g/mol. The monoisotopic (exact) mass is 444 g/mol. The van der Waals surface area contributed by atoms with E-state index < -0.39 is 40.6 Å². The maximum Gasteiger partial charge on any atom is 0.344 e. The molecule has 0 bridgehead atoms. The van der Waals surface area contributed by atoms with Gasteiger partial charge in [0.1, 0.15) is 5.56 Å². The van der Waals surface area contributed by atoms with Gasteiger partial charge in [-0.3, -0.25) is 0 Å². The van der Waals surface area contributed by atoms with Crippen molar-refractivity contribution in [2.24, 2.45) is 0 Å². The van der Waals surface area contributed by atoms with Crippen LogP contribution in [-0.2, 0) is 9.47 Å². The summed E-state index contributed by atoms with van der Waals surface area (Å²) in [6.07, 6.45) is 5.26. The molecule has 0 saturated heterocycles. The molecule has 26 heavy (non-hydrogen) atoms. The van der Waals surface area contributed by atoms with E-state index in [9.17, 15) is 26.7 Å². The van der Waals surface area contributed by atoms with Crippen molar-refractivity contribution < 1.29 is 36.2 Å². The highest BCUT2D eigenvalue weighted by molar-refractivity contribution is 9.09. The summed E-state index contributed by atoms with van der Waals surface area (Å²) in [6, 6.07) is 0. The minimum absolute atomic E-state index is 0.125. The first kappa shape index (κ1) is 21.1. The maximum atomic E-state index is 13.5. The Hall–Kier alpha value is -1.22. The summed E-state index contributed by atoms with van der Waals surface area (Å²) in [6.45, 7) is 0.205. The number of unbranched alkanes of at least 4 members (excludes halogenated alkanes) is 1. The second-order valence-corrected chi connectivity index (χ2v) is 7.17. The van der Waals surface area contributed by atoms with Crippen LogP contribution in [0.2, 0.25) is 0 Å². The quantitative estimate of drug-likeness (QED) is 0.147. The topological polar surface area (TPSA) is 35.5 Å². The van der Waals surface area contributed by atoms with Gasteiger partial charge >= 0.3 is 5.97 Å². The Morgan fingerprint density at radius 2 is 1.42 bits per heavy atom. The van der Waals surface area contributed by atoms with Crippen molar-refractivity contribution in [2.45, 2.75) is 49.5 Å². The first-order valence-electron chi connectivity index (χ1n) is 8.28.